The van der Waals surface area contributed by atoms with Gasteiger partial charge >= 0.3 is 0 Å². The molecule has 0 spiro atoms. The molecule has 0 saturated heterocycles. The van der Waals surface area contributed by atoms with E-state index in [4.69, 9.17) is 4.74 Å². The summed E-state index contributed by atoms with van der Waals surface area (Å²) in [6.07, 6.45) is 1.13. The van der Waals surface area contributed by atoms with Gasteiger partial charge in [0.25, 0.3) is 0 Å². The molecule has 1 amide bonds. The molecule has 0 saturated carbocycles. The minimum Gasteiger partial charge on any atom is -0.507 e. The number of hydrogen-bond acceptors (Lipinski definition) is 8. The first-order valence-corrected chi connectivity index (χ1v) is 10.1. The van der Waals surface area contributed by atoms with Crippen LogP contribution in [0.25, 0.3) is 0 Å². The molecule has 32 heavy (non-hydrogen) atoms. The number of ether oxygens (including phenoxy) is 1. The summed E-state index contributed by atoms with van der Waals surface area (Å²) in [5.41, 5.74) is -1.70. The van der Waals surface area contributed by atoms with E-state index in [1.807, 2.05) is 13.8 Å². The Hall–Kier alpha value is -3.62. The molecule has 0 aromatic heterocycles. The van der Waals surface area contributed by atoms with Gasteiger partial charge in [0.05, 0.1) is 17.7 Å². The third-order valence-electron chi connectivity index (χ3n) is 5.72. The molecule has 1 atom stereocenters. The minimum absolute atomic E-state index is 0.0181. The number of ketones is 3. The third kappa shape index (κ3) is 3.34. The van der Waals surface area contributed by atoms with Crippen molar-refractivity contribution in [2.24, 2.45) is 0 Å². The van der Waals surface area contributed by atoms with Crippen LogP contribution in [0.5, 0.6) is 17.2 Å². The summed E-state index contributed by atoms with van der Waals surface area (Å²) >= 11 is 0. The summed E-state index contributed by atoms with van der Waals surface area (Å²) in [7, 11) is 0. The summed E-state index contributed by atoms with van der Waals surface area (Å²) in [5, 5.41) is 26.7. The number of phenolic OH excluding ortho intramolecular Hbond substituents is 2. The van der Waals surface area contributed by atoms with Crippen molar-refractivity contribution >= 4 is 23.3 Å². The zero-order valence-electron chi connectivity index (χ0n) is 18.8. The molecule has 0 fully saturated rings. The Balaban J connectivity index is 2.13. The lowest BCUT2D eigenvalue weighted by Crippen LogP contribution is -2.42. The lowest BCUT2D eigenvalue weighted by molar-refractivity contribution is -0.124. The standard InChI is InChI=1S/C23H26N2O7/c1-9(2)25-15(28)8-24-11(4)16-13(27)7-14-23(6,22(16)31)18-20(30)10(3)19(29)17(12(5)26)21(18)32-14/h7,9,24,29-30H,8H2,1-6H3,(H,25,28). The number of carbonyl (C=O) groups excluding carboxylic acids is 4. The largest absolute Gasteiger partial charge is 0.507 e. The Morgan fingerprint density at radius 1 is 1.16 bits per heavy atom. The van der Waals surface area contributed by atoms with E-state index in [1.54, 1.807) is 0 Å². The Morgan fingerprint density at radius 3 is 2.34 bits per heavy atom. The highest BCUT2D eigenvalue weighted by Gasteiger charge is 2.56. The molecule has 9 nitrogen and oxygen atoms in total. The normalized spacial score (nSPS) is 20.9. The van der Waals surface area contributed by atoms with Gasteiger partial charge in [-0.1, -0.05) is 0 Å². The predicted octanol–water partition coefficient (Wildman–Crippen LogP) is 1.68. The van der Waals surface area contributed by atoms with E-state index >= 15 is 0 Å². The molecule has 1 aliphatic heterocycles. The van der Waals surface area contributed by atoms with Crippen LogP contribution in [0, 0.1) is 6.92 Å². The Morgan fingerprint density at radius 2 is 1.78 bits per heavy atom. The van der Waals surface area contributed by atoms with E-state index in [2.05, 4.69) is 10.6 Å². The number of nitrogens with one attached hydrogen (secondary N) is 2. The van der Waals surface area contributed by atoms with Crippen LogP contribution in [0.4, 0.5) is 0 Å². The van der Waals surface area contributed by atoms with E-state index < -0.39 is 34.3 Å². The second-order valence-corrected chi connectivity index (χ2v) is 8.46. The summed E-state index contributed by atoms with van der Waals surface area (Å²) in [4.78, 5) is 50.5. The van der Waals surface area contributed by atoms with Crippen LogP contribution in [0.1, 0.15) is 56.1 Å². The number of Topliss-reactive ketones (excluding diaryl/α,β-unsaturated/α-hetero) is 2. The van der Waals surface area contributed by atoms with Crippen molar-refractivity contribution in [3.63, 3.8) is 0 Å². The lowest BCUT2D eigenvalue weighted by Gasteiger charge is -2.29. The van der Waals surface area contributed by atoms with Crippen LogP contribution in [-0.4, -0.2) is 46.1 Å². The lowest BCUT2D eigenvalue weighted by atomic mass is 9.70. The smallest absolute Gasteiger partial charge is 0.239 e. The van der Waals surface area contributed by atoms with Crippen LogP contribution in [-0.2, 0) is 19.8 Å². The molecule has 1 unspecified atom stereocenters. The number of benzene rings is 1. The molecule has 0 radical (unpaired) electrons. The first-order valence-electron chi connectivity index (χ1n) is 10.1. The number of phenols is 2. The fourth-order valence-electron chi connectivity index (χ4n) is 4.04. The van der Waals surface area contributed by atoms with Crippen LogP contribution in [0.3, 0.4) is 0 Å². The Bertz CT molecular complexity index is 1140. The average Bonchev–Trinajstić information content (AvgIpc) is 2.97. The fraction of sp³-hybridized carbons (Fsp3) is 0.391. The highest BCUT2D eigenvalue weighted by atomic mass is 16.5. The molecule has 2 aliphatic rings. The maximum Gasteiger partial charge on any atom is 0.239 e. The maximum atomic E-state index is 13.6. The number of rotatable bonds is 5. The predicted molar refractivity (Wildman–Crippen MR) is 115 cm³/mol. The van der Waals surface area contributed by atoms with Gasteiger partial charge in [-0.15, -0.1) is 0 Å². The number of carbonyl (C=O) groups is 4. The first kappa shape index (κ1) is 23.1. The summed E-state index contributed by atoms with van der Waals surface area (Å²) < 4.78 is 5.71. The number of fused-ring (bicyclic) bond motifs is 3. The zero-order valence-corrected chi connectivity index (χ0v) is 18.8. The first-order chi connectivity index (χ1) is 14.8. The molecular formula is C23H26N2O7. The molecule has 4 N–H and O–H groups in total. The molecule has 0 bridgehead atoms. The molecule has 170 valence electrons. The number of aromatic hydroxyl groups is 2. The van der Waals surface area contributed by atoms with Crippen molar-refractivity contribution in [2.75, 3.05) is 6.54 Å². The van der Waals surface area contributed by atoms with E-state index in [0.717, 1.165) is 6.08 Å². The second kappa shape index (κ2) is 7.81. The van der Waals surface area contributed by atoms with Gasteiger partial charge in [0.1, 0.15) is 34.0 Å². The summed E-state index contributed by atoms with van der Waals surface area (Å²) in [5.74, 6) is -3.12. The van der Waals surface area contributed by atoms with Gasteiger partial charge in [-0.2, -0.15) is 0 Å². The van der Waals surface area contributed by atoms with Gasteiger partial charge in [0, 0.05) is 23.4 Å². The van der Waals surface area contributed by atoms with Crippen LogP contribution in [0.15, 0.2) is 23.1 Å². The number of allylic oxidation sites excluding steroid dienone is 4. The van der Waals surface area contributed by atoms with Crippen molar-refractivity contribution in [1.82, 2.24) is 10.6 Å². The van der Waals surface area contributed by atoms with Crippen molar-refractivity contribution in [2.45, 2.75) is 53.0 Å². The Kier molecular flexibility index (Phi) is 5.63. The van der Waals surface area contributed by atoms with Gasteiger partial charge in [-0.3, -0.25) is 19.2 Å². The summed E-state index contributed by atoms with van der Waals surface area (Å²) in [6, 6.07) is -0.0650. The van der Waals surface area contributed by atoms with Gasteiger partial charge in [0.2, 0.25) is 5.91 Å². The third-order valence-corrected chi connectivity index (χ3v) is 5.72. The fourth-order valence-corrected chi connectivity index (χ4v) is 4.04. The highest BCUT2D eigenvalue weighted by Crippen LogP contribution is 2.57. The number of amides is 1. The Labute approximate surface area is 185 Å². The quantitative estimate of drug-likeness (QED) is 0.307. The minimum atomic E-state index is -1.59. The van der Waals surface area contributed by atoms with Gasteiger partial charge in [-0.05, 0) is 41.5 Å². The average molecular weight is 442 g/mol. The molecule has 1 aromatic rings. The van der Waals surface area contributed by atoms with Crippen molar-refractivity contribution < 1.29 is 34.1 Å². The second-order valence-electron chi connectivity index (χ2n) is 8.46. The van der Waals surface area contributed by atoms with E-state index in [9.17, 15) is 29.4 Å². The SMILES string of the molecule is CC(=O)c1c(O)c(C)c(O)c2c1OC1=CC(=O)C(=C(C)NCC(=O)NC(C)C)C(=O)C12C. The van der Waals surface area contributed by atoms with Gasteiger partial charge in [0.15, 0.2) is 17.3 Å². The molecule has 1 aliphatic carbocycles. The molecule has 3 rings (SSSR count). The van der Waals surface area contributed by atoms with Crippen LogP contribution < -0.4 is 15.4 Å². The zero-order chi connectivity index (χ0) is 24.1. The van der Waals surface area contributed by atoms with Crippen molar-refractivity contribution in [3.05, 3.63) is 39.8 Å². The molecular weight excluding hydrogens is 416 g/mol. The molecule has 1 heterocycles. The number of hydrogen-bond donors (Lipinski definition) is 4. The van der Waals surface area contributed by atoms with Gasteiger partial charge < -0.3 is 25.6 Å². The summed E-state index contributed by atoms with van der Waals surface area (Å²) in [6.45, 7) is 9.11. The van der Waals surface area contributed by atoms with Gasteiger partial charge in [-0.25, -0.2) is 0 Å². The van der Waals surface area contributed by atoms with Crippen LogP contribution in [0.2, 0.25) is 0 Å². The van der Waals surface area contributed by atoms with E-state index in [1.165, 1.54) is 27.7 Å². The van der Waals surface area contributed by atoms with E-state index in [0.29, 0.717) is 0 Å². The van der Waals surface area contributed by atoms with E-state index in [-0.39, 0.29) is 58.0 Å². The van der Waals surface area contributed by atoms with Crippen molar-refractivity contribution in [3.8, 4) is 17.2 Å². The van der Waals surface area contributed by atoms with Crippen molar-refractivity contribution in [1.29, 1.82) is 0 Å². The maximum absolute atomic E-state index is 13.6. The highest BCUT2D eigenvalue weighted by molar-refractivity contribution is 6.31. The molecule has 9 heteroatoms. The molecule has 1 aromatic carbocycles. The monoisotopic (exact) mass is 442 g/mol. The topological polar surface area (TPSA) is 142 Å². The van der Waals surface area contributed by atoms with Crippen LogP contribution >= 0.6 is 0 Å².